The molecule has 0 aromatic carbocycles. The third-order valence-corrected chi connectivity index (χ3v) is 4.32. The summed E-state index contributed by atoms with van der Waals surface area (Å²) in [6.07, 6.45) is 6.57. The number of aliphatic hydroxyl groups is 1. The lowest BCUT2D eigenvalue weighted by molar-refractivity contribution is 0.223. The minimum Gasteiger partial charge on any atom is -0.383 e. The Hall–Kier alpha value is -1.19. The average Bonchev–Trinajstić information content (AvgIpc) is 2.89. The van der Waals surface area contributed by atoms with Crippen LogP contribution in [0.1, 0.15) is 33.4 Å². The second kappa shape index (κ2) is 4.00. The van der Waals surface area contributed by atoms with Gasteiger partial charge >= 0.3 is 0 Å². The smallest absolute Gasteiger partial charge is 0.115 e. The van der Waals surface area contributed by atoms with Gasteiger partial charge in [0.2, 0.25) is 0 Å². The molecule has 1 N–H and O–H groups in total. The molecule has 1 atom stereocenters. The summed E-state index contributed by atoms with van der Waals surface area (Å²) >= 11 is 1.75. The van der Waals surface area contributed by atoms with E-state index in [2.05, 4.69) is 11.1 Å². The van der Waals surface area contributed by atoms with Gasteiger partial charge in [-0.25, -0.2) is 0 Å². The molecule has 1 unspecified atom stereocenters. The second-order valence-corrected chi connectivity index (χ2v) is 5.31. The summed E-state index contributed by atoms with van der Waals surface area (Å²) in [5, 5.41) is 10.2. The minimum atomic E-state index is -0.510. The summed E-state index contributed by atoms with van der Waals surface area (Å²) in [7, 11) is 0. The van der Waals surface area contributed by atoms with Crippen LogP contribution in [0.15, 0.2) is 30.6 Å². The summed E-state index contributed by atoms with van der Waals surface area (Å²) in [5.74, 6) is 0. The number of hydrogen-bond acceptors (Lipinski definition) is 3. The highest BCUT2D eigenvalue weighted by Gasteiger charge is 2.19. The number of fused-ring (bicyclic) bond motifs is 1. The van der Waals surface area contributed by atoms with Gasteiger partial charge in [-0.05, 0) is 37.0 Å². The van der Waals surface area contributed by atoms with Crippen molar-refractivity contribution in [1.29, 1.82) is 0 Å². The Morgan fingerprint density at radius 1 is 1.38 bits per heavy atom. The van der Waals surface area contributed by atoms with E-state index < -0.39 is 6.10 Å². The molecule has 3 rings (SSSR count). The van der Waals surface area contributed by atoms with Crippen molar-refractivity contribution in [2.24, 2.45) is 0 Å². The number of aliphatic hydroxyl groups excluding tert-OH is 1. The van der Waals surface area contributed by atoms with Crippen molar-refractivity contribution in [2.75, 3.05) is 0 Å². The fraction of sp³-hybridized carbons (Fsp3) is 0.308. The van der Waals surface area contributed by atoms with Gasteiger partial charge in [-0.1, -0.05) is 6.07 Å². The monoisotopic (exact) mass is 231 g/mol. The van der Waals surface area contributed by atoms with Gasteiger partial charge in [0.1, 0.15) is 6.10 Å². The Morgan fingerprint density at radius 2 is 2.31 bits per heavy atom. The van der Waals surface area contributed by atoms with Crippen LogP contribution in [-0.2, 0) is 12.8 Å². The van der Waals surface area contributed by atoms with E-state index in [4.69, 9.17) is 0 Å². The van der Waals surface area contributed by atoms with Crippen LogP contribution in [0.5, 0.6) is 0 Å². The van der Waals surface area contributed by atoms with Gasteiger partial charge in [0.25, 0.3) is 0 Å². The Labute approximate surface area is 98.6 Å². The maximum Gasteiger partial charge on any atom is 0.115 e. The van der Waals surface area contributed by atoms with Crippen LogP contribution in [0, 0.1) is 0 Å². The van der Waals surface area contributed by atoms with E-state index >= 15 is 0 Å². The van der Waals surface area contributed by atoms with Gasteiger partial charge in [0, 0.05) is 27.7 Å². The standard InChI is InChI=1S/C13H13NOS/c15-13(10-4-2-6-14-8-10)12-7-9-3-1-5-11(9)16-12/h2,4,6-8,13,15H,1,3,5H2. The molecule has 0 saturated carbocycles. The number of hydrogen-bond donors (Lipinski definition) is 1. The summed E-state index contributed by atoms with van der Waals surface area (Å²) in [4.78, 5) is 6.55. The normalized spacial score (nSPS) is 16.1. The third-order valence-electron chi connectivity index (χ3n) is 3.04. The first kappa shape index (κ1) is 10.00. The molecular formula is C13H13NOS. The highest BCUT2D eigenvalue weighted by Crippen LogP contribution is 2.35. The average molecular weight is 231 g/mol. The van der Waals surface area contributed by atoms with Crippen molar-refractivity contribution in [3.05, 3.63) is 51.5 Å². The lowest BCUT2D eigenvalue weighted by atomic mass is 10.1. The molecule has 1 aliphatic carbocycles. The number of pyridine rings is 1. The maximum absolute atomic E-state index is 10.2. The Kier molecular flexibility index (Phi) is 2.50. The fourth-order valence-electron chi connectivity index (χ4n) is 2.19. The van der Waals surface area contributed by atoms with E-state index in [9.17, 15) is 5.11 Å². The highest BCUT2D eigenvalue weighted by molar-refractivity contribution is 7.12. The molecule has 0 radical (unpaired) electrons. The number of aromatic nitrogens is 1. The van der Waals surface area contributed by atoms with Crippen LogP contribution in [0.4, 0.5) is 0 Å². The zero-order valence-electron chi connectivity index (χ0n) is 8.89. The van der Waals surface area contributed by atoms with Crippen LogP contribution in [-0.4, -0.2) is 10.1 Å². The van der Waals surface area contributed by atoms with Crippen molar-refractivity contribution < 1.29 is 5.11 Å². The molecule has 82 valence electrons. The Balaban J connectivity index is 1.92. The van der Waals surface area contributed by atoms with Crippen molar-refractivity contribution in [3.8, 4) is 0 Å². The van der Waals surface area contributed by atoms with E-state index in [-0.39, 0.29) is 0 Å². The Bertz CT molecular complexity index is 470. The number of thiophene rings is 1. The molecule has 2 heterocycles. The highest BCUT2D eigenvalue weighted by atomic mass is 32.1. The van der Waals surface area contributed by atoms with Gasteiger partial charge in [-0.3, -0.25) is 4.98 Å². The third kappa shape index (κ3) is 1.66. The van der Waals surface area contributed by atoms with Gasteiger partial charge in [0.15, 0.2) is 0 Å². The number of nitrogens with zero attached hydrogens (tertiary/aromatic N) is 1. The topological polar surface area (TPSA) is 33.1 Å². The summed E-state index contributed by atoms with van der Waals surface area (Å²) in [6.45, 7) is 0. The molecule has 2 aromatic rings. The van der Waals surface area contributed by atoms with Gasteiger partial charge in [-0.2, -0.15) is 0 Å². The van der Waals surface area contributed by atoms with Crippen molar-refractivity contribution in [2.45, 2.75) is 25.4 Å². The molecule has 0 bridgehead atoms. The zero-order chi connectivity index (χ0) is 11.0. The minimum absolute atomic E-state index is 0.510. The van der Waals surface area contributed by atoms with E-state index in [0.29, 0.717) is 0 Å². The largest absolute Gasteiger partial charge is 0.383 e. The molecule has 2 nitrogen and oxygen atoms in total. The lowest BCUT2D eigenvalue weighted by Gasteiger charge is -2.07. The van der Waals surface area contributed by atoms with Gasteiger partial charge in [-0.15, -0.1) is 11.3 Å². The van der Waals surface area contributed by atoms with E-state index in [1.165, 1.54) is 29.7 Å². The van der Waals surface area contributed by atoms with Crippen molar-refractivity contribution >= 4 is 11.3 Å². The maximum atomic E-state index is 10.2. The molecule has 3 heteroatoms. The molecule has 0 spiro atoms. The van der Waals surface area contributed by atoms with Gasteiger partial charge in [0.05, 0.1) is 0 Å². The van der Waals surface area contributed by atoms with E-state index in [1.54, 1.807) is 23.7 Å². The molecule has 2 aromatic heterocycles. The van der Waals surface area contributed by atoms with Crippen LogP contribution < -0.4 is 0 Å². The fourth-order valence-corrected chi connectivity index (χ4v) is 3.46. The van der Waals surface area contributed by atoms with Crippen LogP contribution in [0.2, 0.25) is 0 Å². The first-order chi connectivity index (χ1) is 7.84. The van der Waals surface area contributed by atoms with E-state index in [0.717, 1.165) is 10.4 Å². The Morgan fingerprint density at radius 3 is 3.06 bits per heavy atom. The number of aryl methyl sites for hydroxylation is 2. The van der Waals surface area contributed by atoms with Crippen LogP contribution in [0.3, 0.4) is 0 Å². The molecular weight excluding hydrogens is 218 g/mol. The summed E-state index contributed by atoms with van der Waals surface area (Å²) < 4.78 is 0. The molecule has 0 saturated heterocycles. The quantitative estimate of drug-likeness (QED) is 0.862. The molecule has 0 amide bonds. The second-order valence-electron chi connectivity index (χ2n) is 4.14. The van der Waals surface area contributed by atoms with Crippen molar-refractivity contribution in [1.82, 2.24) is 4.98 Å². The number of rotatable bonds is 2. The predicted octanol–water partition coefficient (Wildman–Crippen LogP) is 2.71. The predicted molar refractivity (Wildman–Crippen MR) is 64.6 cm³/mol. The van der Waals surface area contributed by atoms with Gasteiger partial charge < -0.3 is 5.11 Å². The van der Waals surface area contributed by atoms with E-state index in [1.807, 2.05) is 12.1 Å². The molecule has 0 aliphatic heterocycles. The first-order valence-electron chi connectivity index (χ1n) is 5.54. The summed E-state index contributed by atoms with van der Waals surface area (Å²) in [6, 6.07) is 5.94. The van der Waals surface area contributed by atoms with Crippen LogP contribution in [0.25, 0.3) is 0 Å². The van der Waals surface area contributed by atoms with Crippen LogP contribution >= 0.6 is 11.3 Å². The SMILES string of the molecule is OC(c1cccnc1)c1cc2c(s1)CCC2. The summed E-state index contributed by atoms with van der Waals surface area (Å²) in [5.41, 5.74) is 2.31. The lowest BCUT2D eigenvalue weighted by Crippen LogP contribution is -1.97. The molecule has 1 aliphatic rings. The molecule has 0 fully saturated rings. The zero-order valence-corrected chi connectivity index (χ0v) is 9.70. The van der Waals surface area contributed by atoms with Crippen molar-refractivity contribution in [3.63, 3.8) is 0 Å². The molecule has 16 heavy (non-hydrogen) atoms. The first-order valence-corrected chi connectivity index (χ1v) is 6.36.